The van der Waals surface area contributed by atoms with E-state index in [0.717, 1.165) is 28.8 Å². The Labute approximate surface area is 189 Å². The number of nitrogens with zero attached hydrogens (tertiary/aromatic N) is 4. The fourth-order valence-corrected chi connectivity index (χ4v) is 4.44. The number of carbonyl (C=O) groups excluding carboxylic acids is 2. The monoisotopic (exact) mass is 430 g/mol. The molecule has 0 saturated carbocycles. The lowest BCUT2D eigenvalue weighted by molar-refractivity contribution is -0.140. The van der Waals surface area contributed by atoms with E-state index in [9.17, 15) is 9.59 Å². The molecule has 0 bridgehead atoms. The summed E-state index contributed by atoms with van der Waals surface area (Å²) >= 11 is 0. The van der Waals surface area contributed by atoms with Crippen LogP contribution in [0.2, 0.25) is 0 Å². The van der Waals surface area contributed by atoms with Gasteiger partial charge in [0.25, 0.3) is 5.91 Å². The number of hydrogen-bond donors (Lipinski definition) is 0. The summed E-state index contributed by atoms with van der Waals surface area (Å²) in [7, 11) is 1.82. The molecule has 1 aliphatic heterocycles. The fraction of sp³-hybridized carbons (Fsp3) is 0.346. The predicted molar refractivity (Wildman–Crippen MR) is 125 cm³/mol. The first-order chi connectivity index (χ1) is 15.5. The van der Waals surface area contributed by atoms with E-state index in [-0.39, 0.29) is 11.8 Å². The maximum absolute atomic E-state index is 13.5. The van der Waals surface area contributed by atoms with E-state index in [0.29, 0.717) is 31.6 Å². The van der Waals surface area contributed by atoms with E-state index in [1.807, 2.05) is 49.2 Å². The zero-order valence-electron chi connectivity index (χ0n) is 19.0. The zero-order chi connectivity index (χ0) is 22.7. The summed E-state index contributed by atoms with van der Waals surface area (Å²) in [5.74, 6) is -0.0989. The summed E-state index contributed by atoms with van der Waals surface area (Å²) in [5.41, 5.74) is 4.64. The summed E-state index contributed by atoms with van der Waals surface area (Å²) in [5, 5.41) is 4.23. The highest BCUT2D eigenvalue weighted by atomic mass is 16.2. The SMILES string of the molecule is CCCN1CCN(C(=O)c2cnn(C)c2C)[C@@H](Cc2ccccc2-c2ccccc2)C1=O. The molecule has 1 atom stereocenters. The molecule has 1 aromatic heterocycles. The molecule has 0 N–H and O–H groups in total. The molecule has 1 saturated heterocycles. The summed E-state index contributed by atoms with van der Waals surface area (Å²) in [4.78, 5) is 30.7. The minimum absolute atomic E-state index is 0.0239. The smallest absolute Gasteiger partial charge is 0.258 e. The Bertz CT molecular complexity index is 1110. The molecule has 2 aromatic carbocycles. The highest BCUT2D eigenvalue weighted by Crippen LogP contribution is 2.27. The van der Waals surface area contributed by atoms with Crippen molar-refractivity contribution in [3.8, 4) is 11.1 Å². The number of hydrogen-bond acceptors (Lipinski definition) is 3. The molecule has 0 spiro atoms. The van der Waals surface area contributed by atoms with Crippen LogP contribution in [-0.4, -0.2) is 57.1 Å². The van der Waals surface area contributed by atoms with Crippen LogP contribution in [-0.2, 0) is 18.3 Å². The minimum Gasteiger partial charge on any atom is -0.339 e. The highest BCUT2D eigenvalue weighted by Gasteiger charge is 2.38. The van der Waals surface area contributed by atoms with Gasteiger partial charge in [-0.1, -0.05) is 61.5 Å². The van der Waals surface area contributed by atoms with Crippen LogP contribution in [0.4, 0.5) is 0 Å². The summed E-state index contributed by atoms with van der Waals surface area (Å²) in [6.07, 6.45) is 2.99. The number of aromatic nitrogens is 2. The van der Waals surface area contributed by atoms with Gasteiger partial charge in [-0.3, -0.25) is 14.3 Å². The topological polar surface area (TPSA) is 58.4 Å². The first-order valence-electron chi connectivity index (χ1n) is 11.2. The van der Waals surface area contributed by atoms with Crippen molar-refractivity contribution in [1.29, 1.82) is 0 Å². The first-order valence-corrected chi connectivity index (χ1v) is 11.2. The molecule has 0 aliphatic carbocycles. The predicted octanol–water partition coefficient (Wildman–Crippen LogP) is 3.70. The highest BCUT2D eigenvalue weighted by molar-refractivity contribution is 5.99. The van der Waals surface area contributed by atoms with Crippen molar-refractivity contribution < 1.29 is 9.59 Å². The lowest BCUT2D eigenvalue weighted by Gasteiger charge is -2.41. The van der Waals surface area contributed by atoms with Gasteiger partial charge in [-0.15, -0.1) is 0 Å². The van der Waals surface area contributed by atoms with Crippen molar-refractivity contribution in [3.63, 3.8) is 0 Å². The second kappa shape index (κ2) is 9.39. The second-order valence-corrected chi connectivity index (χ2v) is 8.33. The number of carbonyl (C=O) groups is 2. The van der Waals surface area contributed by atoms with Crippen LogP contribution in [0, 0.1) is 6.92 Å². The van der Waals surface area contributed by atoms with E-state index in [1.54, 1.807) is 15.8 Å². The van der Waals surface area contributed by atoms with Crippen molar-refractivity contribution in [3.05, 3.63) is 77.6 Å². The molecule has 2 heterocycles. The quantitative estimate of drug-likeness (QED) is 0.599. The van der Waals surface area contributed by atoms with Gasteiger partial charge in [-0.05, 0) is 30.0 Å². The Kier molecular flexibility index (Phi) is 6.40. The molecule has 32 heavy (non-hydrogen) atoms. The second-order valence-electron chi connectivity index (χ2n) is 8.33. The Balaban J connectivity index is 1.70. The van der Waals surface area contributed by atoms with Gasteiger partial charge in [0.2, 0.25) is 5.91 Å². The molecular formula is C26H30N4O2. The van der Waals surface area contributed by atoms with Gasteiger partial charge in [-0.25, -0.2) is 0 Å². The number of aryl methyl sites for hydroxylation is 1. The third kappa shape index (κ3) is 4.17. The van der Waals surface area contributed by atoms with Crippen LogP contribution in [0.25, 0.3) is 11.1 Å². The molecular weight excluding hydrogens is 400 g/mol. The Morgan fingerprint density at radius 1 is 1.06 bits per heavy atom. The van der Waals surface area contributed by atoms with Gasteiger partial charge in [0.1, 0.15) is 6.04 Å². The molecule has 0 unspecified atom stereocenters. The molecule has 2 amide bonds. The molecule has 4 rings (SSSR count). The van der Waals surface area contributed by atoms with Crippen LogP contribution < -0.4 is 0 Å². The minimum atomic E-state index is -0.535. The third-order valence-electron chi connectivity index (χ3n) is 6.32. The van der Waals surface area contributed by atoms with E-state index < -0.39 is 6.04 Å². The van der Waals surface area contributed by atoms with Crippen LogP contribution in [0.15, 0.2) is 60.8 Å². The van der Waals surface area contributed by atoms with Crippen molar-refractivity contribution in [2.45, 2.75) is 32.7 Å². The average Bonchev–Trinajstić information content (AvgIpc) is 3.15. The number of piperazine rings is 1. The van der Waals surface area contributed by atoms with Crippen molar-refractivity contribution in [1.82, 2.24) is 19.6 Å². The maximum atomic E-state index is 13.5. The summed E-state index contributed by atoms with van der Waals surface area (Å²) in [6.45, 7) is 5.76. The van der Waals surface area contributed by atoms with Gasteiger partial charge >= 0.3 is 0 Å². The normalized spacial score (nSPS) is 16.5. The van der Waals surface area contributed by atoms with E-state index in [2.05, 4.69) is 36.3 Å². The average molecular weight is 431 g/mol. The summed E-state index contributed by atoms with van der Waals surface area (Å²) < 4.78 is 1.70. The maximum Gasteiger partial charge on any atom is 0.258 e. The number of benzene rings is 2. The van der Waals surface area contributed by atoms with Gasteiger partial charge in [-0.2, -0.15) is 5.10 Å². The third-order valence-corrected chi connectivity index (χ3v) is 6.32. The van der Waals surface area contributed by atoms with Crippen molar-refractivity contribution in [2.24, 2.45) is 7.05 Å². The largest absolute Gasteiger partial charge is 0.339 e. The zero-order valence-corrected chi connectivity index (χ0v) is 19.0. The van der Waals surface area contributed by atoms with Crippen molar-refractivity contribution in [2.75, 3.05) is 19.6 Å². The van der Waals surface area contributed by atoms with Crippen LogP contribution in [0.3, 0.4) is 0 Å². The van der Waals surface area contributed by atoms with E-state index >= 15 is 0 Å². The standard InChI is InChI=1S/C26H30N4O2/c1-4-14-29-15-16-30(25(31)23-18-27-28(3)19(23)2)24(26(29)32)17-21-12-8-9-13-22(21)20-10-6-5-7-11-20/h5-13,18,24H,4,14-17H2,1-3H3/t24-/m0/s1. The van der Waals surface area contributed by atoms with Gasteiger partial charge in [0.05, 0.1) is 11.8 Å². The van der Waals surface area contributed by atoms with Crippen LogP contribution >= 0.6 is 0 Å². The number of rotatable bonds is 6. The van der Waals surface area contributed by atoms with E-state index in [1.165, 1.54) is 0 Å². The molecule has 3 aromatic rings. The van der Waals surface area contributed by atoms with Crippen LogP contribution in [0.5, 0.6) is 0 Å². The summed E-state index contributed by atoms with van der Waals surface area (Å²) in [6, 6.07) is 17.8. The molecule has 6 nitrogen and oxygen atoms in total. The van der Waals surface area contributed by atoms with E-state index in [4.69, 9.17) is 0 Å². The number of amides is 2. The molecule has 166 valence electrons. The lowest BCUT2D eigenvalue weighted by atomic mass is 9.93. The van der Waals surface area contributed by atoms with Gasteiger partial charge < -0.3 is 9.80 Å². The molecule has 6 heteroatoms. The Morgan fingerprint density at radius 2 is 1.78 bits per heavy atom. The molecule has 1 fully saturated rings. The van der Waals surface area contributed by atoms with Gasteiger partial charge in [0, 0.05) is 38.8 Å². The fourth-order valence-electron chi connectivity index (χ4n) is 4.44. The molecule has 0 radical (unpaired) electrons. The van der Waals surface area contributed by atoms with Crippen LogP contribution in [0.1, 0.15) is 35.0 Å². The molecule has 1 aliphatic rings. The van der Waals surface area contributed by atoms with Gasteiger partial charge in [0.15, 0.2) is 0 Å². The Hall–Kier alpha value is -3.41. The lowest BCUT2D eigenvalue weighted by Crippen LogP contribution is -2.59. The van der Waals surface area contributed by atoms with Crippen molar-refractivity contribution >= 4 is 11.8 Å². The Morgan fingerprint density at radius 3 is 2.47 bits per heavy atom. The first kappa shape index (κ1) is 21.8.